The number of hydrogen-bond acceptors (Lipinski definition) is 5. The number of rotatable bonds is 5. The zero-order valence-corrected chi connectivity index (χ0v) is 15.4. The van der Waals surface area contributed by atoms with Crippen LogP contribution in [0, 0.1) is 13.8 Å². The molecular formula is C20H28N2O3. The summed E-state index contributed by atoms with van der Waals surface area (Å²) in [5.74, 6) is 0. The Kier molecular flexibility index (Phi) is 5.57. The van der Waals surface area contributed by atoms with Gasteiger partial charge >= 0.3 is 5.63 Å². The van der Waals surface area contributed by atoms with E-state index in [0.29, 0.717) is 5.58 Å². The molecule has 1 fully saturated rings. The first-order valence-corrected chi connectivity index (χ1v) is 9.13. The van der Waals surface area contributed by atoms with Gasteiger partial charge < -0.3 is 9.52 Å². The van der Waals surface area contributed by atoms with Gasteiger partial charge in [0.1, 0.15) is 5.58 Å². The van der Waals surface area contributed by atoms with Gasteiger partial charge in [0.15, 0.2) is 0 Å². The number of nitrogens with zero attached hydrogens (tertiary/aromatic N) is 2. The van der Waals surface area contributed by atoms with Crippen molar-refractivity contribution >= 4 is 11.0 Å². The van der Waals surface area contributed by atoms with Crippen LogP contribution < -0.4 is 5.63 Å². The van der Waals surface area contributed by atoms with E-state index in [9.17, 15) is 9.90 Å². The molecule has 0 aliphatic carbocycles. The Hall–Kier alpha value is -1.69. The maximum Gasteiger partial charge on any atom is 0.336 e. The molecule has 1 unspecified atom stereocenters. The minimum absolute atomic E-state index is 0.222. The summed E-state index contributed by atoms with van der Waals surface area (Å²) in [5.41, 5.74) is 3.78. The van der Waals surface area contributed by atoms with Gasteiger partial charge in [0.05, 0.1) is 6.61 Å². The lowest BCUT2D eigenvalue weighted by Crippen LogP contribution is -2.50. The zero-order valence-electron chi connectivity index (χ0n) is 15.4. The molecule has 1 aromatic carbocycles. The standard InChI is InChI=1S/C20H28N2O3/c1-4-17(13-23)22-7-5-21(6-8-22)12-16-11-20(24)25-19-10-15(3)14(2)9-18(16)19/h9-11,17,23H,4-8,12-13H2,1-3H3. The maximum absolute atomic E-state index is 11.9. The Morgan fingerprint density at radius 3 is 2.44 bits per heavy atom. The zero-order chi connectivity index (χ0) is 18.0. The van der Waals surface area contributed by atoms with E-state index < -0.39 is 0 Å². The molecule has 2 heterocycles. The van der Waals surface area contributed by atoms with Crippen LogP contribution in [0.15, 0.2) is 27.4 Å². The second kappa shape index (κ2) is 7.68. The molecule has 1 aliphatic rings. The molecule has 2 aromatic rings. The number of hydrogen-bond donors (Lipinski definition) is 1. The van der Waals surface area contributed by atoms with E-state index in [4.69, 9.17) is 4.42 Å². The lowest BCUT2D eigenvalue weighted by Gasteiger charge is -2.38. The van der Waals surface area contributed by atoms with Crippen LogP contribution in [0.2, 0.25) is 0 Å². The molecule has 1 aromatic heterocycles. The third kappa shape index (κ3) is 3.94. The maximum atomic E-state index is 11.9. The highest BCUT2D eigenvalue weighted by Gasteiger charge is 2.22. The normalized spacial score (nSPS) is 17.9. The van der Waals surface area contributed by atoms with Crippen molar-refractivity contribution in [2.45, 2.75) is 39.8 Å². The first-order valence-electron chi connectivity index (χ1n) is 9.13. The summed E-state index contributed by atoms with van der Waals surface area (Å²) in [6.45, 7) is 11.0. The molecular weight excluding hydrogens is 316 g/mol. The third-order valence-electron chi connectivity index (χ3n) is 5.44. The van der Waals surface area contributed by atoms with Crippen LogP contribution in [0.1, 0.15) is 30.0 Å². The molecule has 1 N–H and O–H groups in total. The van der Waals surface area contributed by atoms with Crippen molar-refractivity contribution in [3.8, 4) is 0 Å². The highest BCUT2D eigenvalue weighted by Crippen LogP contribution is 2.23. The predicted octanol–water partition coefficient (Wildman–Crippen LogP) is 2.30. The van der Waals surface area contributed by atoms with Gasteiger partial charge in [0.2, 0.25) is 0 Å². The Bertz CT molecular complexity index is 787. The van der Waals surface area contributed by atoms with Crippen LogP contribution in [-0.2, 0) is 6.54 Å². The molecule has 25 heavy (non-hydrogen) atoms. The van der Waals surface area contributed by atoms with Gasteiger partial charge in [-0.2, -0.15) is 0 Å². The summed E-state index contributed by atoms with van der Waals surface area (Å²) in [7, 11) is 0. The van der Waals surface area contributed by atoms with Crippen molar-refractivity contribution in [3.05, 3.63) is 45.3 Å². The summed E-state index contributed by atoms with van der Waals surface area (Å²) in [6, 6.07) is 5.97. The number of benzene rings is 1. The fourth-order valence-electron chi connectivity index (χ4n) is 3.64. The minimum atomic E-state index is -0.282. The number of aliphatic hydroxyl groups is 1. The van der Waals surface area contributed by atoms with Crippen LogP contribution in [0.25, 0.3) is 11.0 Å². The van der Waals surface area contributed by atoms with Crippen LogP contribution in [0.3, 0.4) is 0 Å². The molecule has 0 bridgehead atoms. The molecule has 0 amide bonds. The Morgan fingerprint density at radius 1 is 1.12 bits per heavy atom. The first-order chi connectivity index (χ1) is 12.0. The molecule has 5 nitrogen and oxygen atoms in total. The van der Waals surface area contributed by atoms with Crippen LogP contribution >= 0.6 is 0 Å². The Balaban J connectivity index is 1.78. The molecule has 0 spiro atoms. The van der Waals surface area contributed by atoms with E-state index in [-0.39, 0.29) is 18.3 Å². The Morgan fingerprint density at radius 2 is 1.80 bits per heavy atom. The molecule has 5 heteroatoms. The monoisotopic (exact) mass is 344 g/mol. The average Bonchev–Trinajstić information content (AvgIpc) is 2.59. The fourth-order valence-corrected chi connectivity index (χ4v) is 3.64. The van der Waals surface area contributed by atoms with Crippen molar-refractivity contribution in [1.82, 2.24) is 9.80 Å². The summed E-state index contributed by atoms with van der Waals surface area (Å²) in [5, 5.41) is 10.5. The third-order valence-corrected chi connectivity index (χ3v) is 5.44. The van der Waals surface area contributed by atoms with Crippen molar-refractivity contribution in [3.63, 3.8) is 0 Å². The quantitative estimate of drug-likeness (QED) is 0.844. The summed E-state index contributed by atoms with van der Waals surface area (Å²) >= 11 is 0. The van der Waals surface area contributed by atoms with Crippen LogP contribution in [-0.4, -0.2) is 53.7 Å². The van der Waals surface area contributed by atoms with E-state index in [2.05, 4.69) is 29.7 Å². The minimum Gasteiger partial charge on any atom is -0.423 e. The van der Waals surface area contributed by atoms with Gasteiger partial charge in [-0.1, -0.05) is 6.92 Å². The number of aryl methyl sites for hydroxylation is 2. The molecule has 1 saturated heterocycles. The van der Waals surface area contributed by atoms with Crippen LogP contribution in [0.5, 0.6) is 0 Å². The fraction of sp³-hybridized carbons (Fsp3) is 0.550. The second-order valence-corrected chi connectivity index (χ2v) is 7.08. The SMILES string of the molecule is CCC(CO)N1CCN(Cc2cc(=O)oc3cc(C)c(C)cc23)CC1. The largest absolute Gasteiger partial charge is 0.423 e. The van der Waals surface area contributed by atoms with E-state index in [0.717, 1.165) is 55.7 Å². The summed E-state index contributed by atoms with van der Waals surface area (Å²) in [6.07, 6.45) is 0.972. The van der Waals surface area contributed by atoms with E-state index >= 15 is 0 Å². The van der Waals surface area contributed by atoms with E-state index in [1.165, 1.54) is 5.56 Å². The number of piperazine rings is 1. The van der Waals surface area contributed by atoms with E-state index in [1.54, 1.807) is 6.07 Å². The van der Waals surface area contributed by atoms with Gasteiger partial charge in [0, 0.05) is 50.2 Å². The lowest BCUT2D eigenvalue weighted by molar-refractivity contribution is 0.0609. The second-order valence-electron chi connectivity index (χ2n) is 7.08. The first kappa shape index (κ1) is 18.1. The highest BCUT2D eigenvalue weighted by atomic mass is 16.4. The number of fused-ring (bicyclic) bond motifs is 1. The van der Waals surface area contributed by atoms with Crippen LogP contribution in [0.4, 0.5) is 0 Å². The van der Waals surface area contributed by atoms with Gasteiger partial charge in [-0.05, 0) is 49.1 Å². The topological polar surface area (TPSA) is 56.9 Å². The van der Waals surface area contributed by atoms with Gasteiger partial charge in [-0.3, -0.25) is 9.80 Å². The molecule has 3 rings (SSSR count). The Labute approximate surface area is 148 Å². The highest BCUT2D eigenvalue weighted by molar-refractivity contribution is 5.81. The molecule has 1 atom stereocenters. The number of aliphatic hydroxyl groups excluding tert-OH is 1. The molecule has 0 radical (unpaired) electrons. The lowest BCUT2D eigenvalue weighted by atomic mass is 10.0. The van der Waals surface area contributed by atoms with Crippen molar-refractivity contribution in [2.75, 3.05) is 32.8 Å². The van der Waals surface area contributed by atoms with Gasteiger partial charge in [-0.15, -0.1) is 0 Å². The molecule has 0 saturated carbocycles. The van der Waals surface area contributed by atoms with Crippen molar-refractivity contribution in [1.29, 1.82) is 0 Å². The van der Waals surface area contributed by atoms with Gasteiger partial charge in [0.25, 0.3) is 0 Å². The predicted molar refractivity (Wildman–Crippen MR) is 100.0 cm³/mol. The molecule has 1 aliphatic heterocycles. The average molecular weight is 344 g/mol. The molecule has 136 valence electrons. The smallest absolute Gasteiger partial charge is 0.336 e. The van der Waals surface area contributed by atoms with Gasteiger partial charge in [-0.25, -0.2) is 4.79 Å². The summed E-state index contributed by atoms with van der Waals surface area (Å²) < 4.78 is 5.39. The van der Waals surface area contributed by atoms with Crippen molar-refractivity contribution in [2.24, 2.45) is 0 Å². The summed E-state index contributed by atoms with van der Waals surface area (Å²) in [4.78, 5) is 16.7. The van der Waals surface area contributed by atoms with Crippen molar-refractivity contribution < 1.29 is 9.52 Å². The van der Waals surface area contributed by atoms with E-state index in [1.807, 2.05) is 13.0 Å².